The zero-order valence-corrected chi connectivity index (χ0v) is 19.4. The summed E-state index contributed by atoms with van der Waals surface area (Å²) in [4.78, 5) is 36.6. The lowest BCUT2D eigenvalue weighted by atomic mass is 10.2. The first-order valence-corrected chi connectivity index (χ1v) is 10.7. The number of amides is 2. The van der Waals surface area contributed by atoms with Crippen molar-refractivity contribution in [3.63, 3.8) is 0 Å². The number of hydrazine groups is 1. The lowest BCUT2D eigenvalue weighted by molar-refractivity contribution is -0.117. The van der Waals surface area contributed by atoms with E-state index in [1.807, 2.05) is 0 Å². The summed E-state index contributed by atoms with van der Waals surface area (Å²) < 4.78 is 6.26. The average molecular weight is 534 g/mol. The van der Waals surface area contributed by atoms with Crippen molar-refractivity contribution in [1.82, 2.24) is 10.9 Å². The molecule has 2 amide bonds. The Morgan fingerprint density at radius 3 is 2.34 bits per heavy atom. The summed E-state index contributed by atoms with van der Waals surface area (Å²) in [6.07, 6.45) is 2.65. The van der Waals surface area contributed by atoms with Gasteiger partial charge >= 0.3 is 5.97 Å². The van der Waals surface area contributed by atoms with Crippen molar-refractivity contribution in [2.45, 2.75) is 0 Å². The predicted octanol–water partition coefficient (Wildman–Crippen LogP) is 5.45. The summed E-state index contributed by atoms with van der Waals surface area (Å²) in [5, 5.41) is 0.560. The number of esters is 1. The number of hydrogen-bond acceptors (Lipinski definition) is 4. The van der Waals surface area contributed by atoms with Crippen LogP contribution >= 0.6 is 39.1 Å². The van der Waals surface area contributed by atoms with Crippen molar-refractivity contribution in [2.24, 2.45) is 0 Å². The maximum atomic E-state index is 12.5. The van der Waals surface area contributed by atoms with Gasteiger partial charge in [0, 0.05) is 26.7 Å². The highest BCUT2D eigenvalue weighted by molar-refractivity contribution is 9.10. The normalized spacial score (nSPS) is 10.6. The zero-order chi connectivity index (χ0) is 23.1. The number of ether oxygens (including phenoxy) is 1. The minimum absolute atomic E-state index is 0.156. The van der Waals surface area contributed by atoms with Crippen LogP contribution in [0.25, 0.3) is 6.08 Å². The van der Waals surface area contributed by atoms with Crippen LogP contribution in [0.1, 0.15) is 26.3 Å². The van der Waals surface area contributed by atoms with E-state index in [-0.39, 0.29) is 16.3 Å². The van der Waals surface area contributed by atoms with Crippen LogP contribution in [0.15, 0.2) is 77.3 Å². The first kappa shape index (κ1) is 23.5. The second kappa shape index (κ2) is 10.9. The summed E-state index contributed by atoms with van der Waals surface area (Å²) in [6, 6.07) is 17.7. The van der Waals surface area contributed by atoms with Crippen LogP contribution < -0.4 is 15.6 Å². The van der Waals surface area contributed by atoms with Crippen molar-refractivity contribution >= 4 is 63.0 Å². The summed E-state index contributed by atoms with van der Waals surface area (Å²) in [5.74, 6) is -1.48. The Labute approximate surface area is 202 Å². The van der Waals surface area contributed by atoms with Gasteiger partial charge in [-0.2, -0.15) is 0 Å². The van der Waals surface area contributed by atoms with Crippen LogP contribution in [-0.2, 0) is 4.79 Å². The molecule has 6 nitrogen and oxygen atoms in total. The Hall–Kier alpha value is -3.13. The molecule has 162 valence electrons. The standard InChI is InChI=1S/C23H15BrCl2N2O4/c24-16-8-5-15(6-9-16)22(30)28-27-21(29)12-7-14-3-1-2-4-20(14)32-23(31)18-11-10-17(25)13-19(18)26/h1-13H,(H,27,29)(H,28,30)/b12-7+. The highest BCUT2D eigenvalue weighted by Crippen LogP contribution is 2.25. The minimum atomic E-state index is -0.668. The van der Waals surface area contributed by atoms with Crippen LogP contribution in [0.2, 0.25) is 10.0 Å². The van der Waals surface area contributed by atoms with E-state index in [9.17, 15) is 14.4 Å². The van der Waals surface area contributed by atoms with E-state index < -0.39 is 17.8 Å². The average Bonchev–Trinajstić information content (AvgIpc) is 2.77. The van der Waals surface area contributed by atoms with Crippen LogP contribution in [-0.4, -0.2) is 17.8 Å². The van der Waals surface area contributed by atoms with Gasteiger partial charge in [-0.25, -0.2) is 4.79 Å². The molecule has 0 bridgehead atoms. The molecule has 9 heteroatoms. The number of benzene rings is 3. The largest absolute Gasteiger partial charge is 0.422 e. The van der Waals surface area contributed by atoms with Crippen LogP contribution in [0.3, 0.4) is 0 Å². The van der Waals surface area contributed by atoms with E-state index in [1.54, 1.807) is 48.5 Å². The number of carbonyl (C=O) groups excluding carboxylic acids is 3. The number of carbonyl (C=O) groups is 3. The molecule has 0 aliphatic carbocycles. The molecule has 3 aromatic carbocycles. The fourth-order valence-electron chi connectivity index (χ4n) is 2.52. The number of rotatable bonds is 5. The van der Waals surface area contributed by atoms with E-state index in [0.717, 1.165) is 4.47 Å². The first-order valence-electron chi connectivity index (χ1n) is 9.14. The third-order valence-electron chi connectivity index (χ3n) is 4.09. The molecule has 2 N–H and O–H groups in total. The maximum Gasteiger partial charge on any atom is 0.345 e. The molecular weight excluding hydrogens is 519 g/mol. The Morgan fingerprint density at radius 1 is 0.906 bits per heavy atom. The molecule has 0 aliphatic heterocycles. The second-order valence-corrected chi connectivity index (χ2v) is 8.09. The van der Waals surface area contributed by atoms with Gasteiger partial charge in [0.25, 0.3) is 11.8 Å². The van der Waals surface area contributed by atoms with Gasteiger partial charge in [-0.15, -0.1) is 0 Å². The third kappa shape index (κ3) is 6.43. The molecule has 0 atom stereocenters. The van der Waals surface area contributed by atoms with E-state index in [4.69, 9.17) is 27.9 Å². The van der Waals surface area contributed by atoms with Gasteiger partial charge in [-0.05, 0) is 54.6 Å². The highest BCUT2D eigenvalue weighted by atomic mass is 79.9. The molecule has 0 saturated carbocycles. The minimum Gasteiger partial charge on any atom is -0.422 e. The monoisotopic (exact) mass is 532 g/mol. The van der Waals surface area contributed by atoms with Crippen molar-refractivity contribution in [2.75, 3.05) is 0 Å². The first-order chi connectivity index (χ1) is 15.3. The molecule has 0 saturated heterocycles. The summed E-state index contributed by atoms with van der Waals surface area (Å²) >= 11 is 15.2. The smallest absolute Gasteiger partial charge is 0.345 e. The molecule has 32 heavy (non-hydrogen) atoms. The molecule has 0 heterocycles. The molecular formula is C23H15BrCl2N2O4. The van der Waals surface area contributed by atoms with Crippen LogP contribution in [0.4, 0.5) is 0 Å². The van der Waals surface area contributed by atoms with Gasteiger partial charge in [0.2, 0.25) is 0 Å². The molecule has 0 aromatic heterocycles. The van der Waals surface area contributed by atoms with Crippen molar-refractivity contribution < 1.29 is 19.1 Å². The fraction of sp³-hybridized carbons (Fsp3) is 0. The van der Waals surface area contributed by atoms with Crippen LogP contribution in [0.5, 0.6) is 5.75 Å². The quantitative estimate of drug-likeness (QED) is 0.198. The van der Waals surface area contributed by atoms with Crippen molar-refractivity contribution in [1.29, 1.82) is 0 Å². The van der Waals surface area contributed by atoms with Gasteiger partial charge in [0.15, 0.2) is 0 Å². The second-order valence-electron chi connectivity index (χ2n) is 6.34. The topological polar surface area (TPSA) is 84.5 Å². The van der Waals surface area contributed by atoms with E-state index in [2.05, 4.69) is 26.8 Å². The van der Waals surface area contributed by atoms with E-state index >= 15 is 0 Å². The van der Waals surface area contributed by atoms with Gasteiger partial charge in [0.05, 0.1) is 10.6 Å². The Balaban J connectivity index is 1.63. The SMILES string of the molecule is O=C(/C=C/c1ccccc1OC(=O)c1ccc(Cl)cc1Cl)NNC(=O)c1ccc(Br)cc1. The van der Waals surface area contributed by atoms with Crippen molar-refractivity contribution in [3.05, 3.63) is 104 Å². The van der Waals surface area contributed by atoms with Crippen LogP contribution in [0, 0.1) is 0 Å². The molecule has 0 aliphatic rings. The summed E-state index contributed by atoms with van der Waals surface area (Å²) in [7, 11) is 0. The molecule has 0 spiro atoms. The van der Waals surface area contributed by atoms with E-state index in [1.165, 1.54) is 30.4 Å². The van der Waals surface area contributed by atoms with Gasteiger partial charge < -0.3 is 4.74 Å². The van der Waals surface area contributed by atoms with Gasteiger partial charge in [-0.3, -0.25) is 20.4 Å². The van der Waals surface area contributed by atoms with Gasteiger partial charge in [-0.1, -0.05) is 57.3 Å². The van der Waals surface area contributed by atoms with E-state index in [0.29, 0.717) is 16.1 Å². The zero-order valence-electron chi connectivity index (χ0n) is 16.3. The number of hydrogen-bond donors (Lipinski definition) is 2. The number of halogens is 3. The maximum absolute atomic E-state index is 12.5. The number of nitrogens with one attached hydrogen (secondary N) is 2. The lowest BCUT2D eigenvalue weighted by Crippen LogP contribution is -2.40. The molecule has 3 aromatic rings. The third-order valence-corrected chi connectivity index (χ3v) is 5.17. The number of para-hydroxylation sites is 1. The molecule has 3 rings (SSSR count). The molecule has 0 radical (unpaired) electrons. The highest BCUT2D eigenvalue weighted by Gasteiger charge is 2.14. The summed E-state index contributed by atoms with van der Waals surface area (Å²) in [5.41, 5.74) is 5.62. The Kier molecular flexibility index (Phi) is 8.05. The van der Waals surface area contributed by atoms with Crippen molar-refractivity contribution in [3.8, 4) is 5.75 Å². The summed E-state index contributed by atoms with van der Waals surface area (Å²) in [6.45, 7) is 0. The lowest BCUT2D eigenvalue weighted by Gasteiger charge is -2.09. The molecule has 0 unspecified atom stereocenters. The molecule has 0 fully saturated rings. The fourth-order valence-corrected chi connectivity index (χ4v) is 3.27. The Morgan fingerprint density at radius 2 is 1.62 bits per heavy atom. The predicted molar refractivity (Wildman–Crippen MR) is 127 cm³/mol. The van der Waals surface area contributed by atoms with Gasteiger partial charge in [0.1, 0.15) is 5.75 Å². The Bertz CT molecular complexity index is 1200.